The van der Waals surface area contributed by atoms with Gasteiger partial charge < -0.3 is 9.84 Å². The van der Waals surface area contributed by atoms with Crippen LogP contribution in [-0.4, -0.2) is 48.3 Å². The van der Waals surface area contributed by atoms with Gasteiger partial charge in [-0.15, -0.1) is 0 Å². The summed E-state index contributed by atoms with van der Waals surface area (Å²) in [7, 11) is 3.02. The fraction of sp³-hybridized carbons (Fsp3) is 0.227. The lowest BCUT2D eigenvalue weighted by atomic mass is 10.0. The molecule has 170 valence electrons. The van der Waals surface area contributed by atoms with Crippen molar-refractivity contribution in [1.82, 2.24) is 19.8 Å². The molecule has 1 N–H and O–H groups in total. The van der Waals surface area contributed by atoms with Crippen molar-refractivity contribution in [2.45, 2.75) is 20.5 Å². The van der Waals surface area contributed by atoms with Crippen molar-refractivity contribution in [2.24, 2.45) is 12.1 Å². The first-order valence-electron chi connectivity index (χ1n) is 10.0. The van der Waals surface area contributed by atoms with Crippen LogP contribution in [0.4, 0.5) is 4.79 Å². The molecule has 0 bridgehead atoms. The molecule has 0 aliphatic carbocycles. The van der Waals surface area contributed by atoms with E-state index in [4.69, 9.17) is 16.3 Å². The van der Waals surface area contributed by atoms with Crippen molar-refractivity contribution in [2.75, 3.05) is 7.05 Å². The number of carboxylic acid groups (broad SMARTS) is 1. The van der Waals surface area contributed by atoms with Crippen molar-refractivity contribution in [3.05, 3.63) is 80.4 Å². The van der Waals surface area contributed by atoms with E-state index in [1.54, 1.807) is 30.5 Å². The maximum atomic E-state index is 12.3. The molecule has 1 amide bonds. The highest BCUT2D eigenvalue weighted by Gasteiger charge is 2.37. The van der Waals surface area contributed by atoms with Crippen LogP contribution in [0.5, 0.6) is 5.75 Å². The smallest absolute Gasteiger partial charge is 0.488 e. The number of quaternary nitrogens is 1. The quantitative estimate of drug-likeness (QED) is 0.574. The van der Waals surface area contributed by atoms with Crippen LogP contribution in [0.25, 0.3) is 5.69 Å². The molecule has 0 radical (unpaired) electrons. The van der Waals surface area contributed by atoms with Crippen LogP contribution >= 0.6 is 11.6 Å². The third kappa shape index (κ3) is 4.06. The van der Waals surface area contributed by atoms with Crippen molar-refractivity contribution in [3.63, 3.8) is 0 Å². The molecule has 10 nitrogen and oxygen atoms in total. The van der Waals surface area contributed by atoms with Crippen LogP contribution in [0.15, 0.2) is 58.1 Å². The summed E-state index contributed by atoms with van der Waals surface area (Å²) >= 11 is 6.40. The Hall–Kier alpha value is -3.76. The Morgan fingerprint density at radius 1 is 1.21 bits per heavy atom. The largest absolute Gasteiger partial charge is 0.545 e. The second-order valence-corrected chi connectivity index (χ2v) is 8.28. The van der Waals surface area contributed by atoms with Crippen LogP contribution < -0.4 is 10.4 Å². The summed E-state index contributed by atoms with van der Waals surface area (Å²) in [6.07, 6.45) is 0.531. The minimum atomic E-state index is -1.06. The van der Waals surface area contributed by atoms with E-state index in [1.807, 2.05) is 26.0 Å². The summed E-state index contributed by atoms with van der Waals surface area (Å²) in [6.45, 7) is 3.82. The maximum absolute atomic E-state index is 12.3. The minimum Gasteiger partial charge on any atom is -0.488 e. The average Bonchev–Trinajstić information content (AvgIpc) is 3.26. The number of amides is 1. The Labute approximate surface area is 194 Å². The predicted molar refractivity (Wildman–Crippen MR) is 122 cm³/mol. The van der Waals surface area contributed by atoms with Gasteiger partial charge in [0.05, 0.1) is 5.69 Å². The number of allylic oxidation sites excluding steroid dienone is 1. The lowest BCUT2D eigenvalue weighted by Crippen LogP contribution is -2.36. The lowest BCUT2D eigenvalue weighted by molar-refractivity contribution is -0.788. The first-order valence-corrected chi connectivity index (χ1v) is 10.4. The maximum Gasteiger partial charge on any atom is 0.545 e. The molecule has 0 spiro atoms. The number of aromatic nitrogens is 4. The van der Waals surface area contributed by atoms with E-state index in [9.17, 15) is 14.7 Å². The second-order valence-electron chi connectivity index (χ2n) is 7.87. The second kappa shape index (κ2) is 8.30. The number of carbonyl (C=O) groups is 1. The summed E-state index contributed by atoms with van der Waals surface area (Å²) in [4.78, 5) is 23.8. The molecule has 0 fully saturated rings. The third-order valence-electron chi connectivity index (χ3n) is 5.38. The van der Waals surface area contributed by atoms with Crippen molar-refractivity contribution in [3.8, 4) is 11.4 Å². The van der Waals surface area contributed by atoms with Gasteiger partial charge in [0.25, 0.3) is 0 Å². The molecule has 33 heavy (non-hydrogen) atoms. The summed E-state index contributed by atoms with van der Waals surface area (Å²) < 4.78 is 7.78. The van der Waals surface area contributed by atoms with Crippen LogP contribution in [0.2, 0.25) is 5.02 Å². The highest BCUT2D eigenvalue weighted by Crippen LogP contribution is 2.29. The summed E-state index contributed by atoms with van der Waals surface area (Å²) in [6, 6.07) is 10.7. The number of hydrogen-bond donors (Lipinski definition) is 1. The monoisotopic (exact) mass is 469 g/mol. The lowest BCUT2D eigenvalue weighted by Gasteiger charge is -2.14. The number of halogens is 1. The standard InChI is InChI=1S/C22H21ClN6O4/c1-13-10-15(20-14(2)11-29(4,24-20)22(31)32)8-9-19(13)33-12-16-17(23)6-5-7-18(16)28-21(30)27(3)25-26-28/h5-11H,12H2,1-4H3/p+1. The van der Waals surface area contributed by atoms with Crippen LogP contribution in [0.3, 0.4) is 0 Å². The molecule has 1 aliphatic rings. The fourth-order valence-corrected chi connectivity index (χ4v) is 3.82. The first-order chi connectivity index (χ1) is 15.6. The molecule has 1 atom stereocenters. The number of hydrogen-bond acceptors (Lipinski definition) is 6. The van der Waals surface area contributed by atoms with Crippen LogP contribution in [0, 0.1) is 6.92 Å². The Morgan fingerprint density at radius 2 is 1.97 bits per heavy atom. The molecule has 0 saturated carbocycles. The van der Waals surface area contributed by atoms with Gasteiger partial charge in [-0.3, -0.25) is 0 Å². The molecule has 2 heterocycles. The van der Waals surface area contributed by atoms with Crippen molar-refractivity contribution >= 4 is 23.4 Å². The molecule has 2 aromatic carbocycles. The zero-order valence-corrected chi connectivity index (χ0v) is 19.2. The fourth-order valence-electron chi connectivity index (χ4n) is 3.60. The molecule has 1 unspecified atom stereocenters. The molecule has 0 saturated heterocycles. The SMILES string of the molecule is CC1=C[N+](C)(C(=O)O)N=C1c1ccc(OCc2c(Cl)cccc2-n2nnn(C)c2=O)c(C)c1. The molecular formula is C22H22ClN6O4+. The van der Waals surface area contributed by atoms with E-state index < -0.39 is 16.4 Å². The van der Waals surface area contributed by atoms with Crippen molar-refractivity contribution < 1.29 is 19.2 Å². The number of nitrogens with zero attached hydrogens (tertiary/aromatic N) is 6. The minimum absolute atomic E-state index is 0.103. The molecule has 11 heteroatoms. The van der Waals surface area contributed by atoms with Crippen molar-refractivity contribution in [1.29, 1.82) is 0 Å². The highest BCUT2D eigenvalue weighted by molar-refractivity contribution is 6.31. The van der Waals surface area contributed by atoms with E-state index in [0.29, 0.717) is 27.7 Å². The number of tetrazole rings is 1. The number of ether oxygens (including phenoxy) is 1. The van der Waals surface area contributed by atoms with E-state index in [1.165, 1.54) is 18.8 Å². The molecule has 3 aromatic rings. The molecular weight excluding hydrogens is 448 g/mol. The average molecular weight is 470 g/mol. The van der Waals surface area contributed by atoms with E-state index >= 15 is 0 Å². The number of aryl methyl sites for hydroxylation is 2. The Morgan fingerprint density at radius 3 is 2.58 bits per heavy atom. The van der Waals surface area contributed by atoms with E-state index in [2.05, 4.69) is 15.5 Å². The van der Waals surface area contributed by atoms with Crippen LogP contribution in [0.1, 0.15) is 23.6 Å². The van der Waals surface area contributed by atoms with Gasteiger partial charge in [-0.2, -0.15) is 14.2 Å². The normalized spacial score (nSPS) is 17.6. The van der Waals surface area contributed by atoms with Gasteiger partial charge in [-0.05, 0) is 60.2 Å². The number of benzene rings is 2. The predicted octanol–water partition coefficient (Wildman–Crippen LogP) is 3.25. The first kappa shape index (κ1) is 22.4. The van der Waals surface area contributed by atoms with Gasteiger partial charge >= 0.3 is 11.8 Å². The Kier molecular flexibility index (Phi) is 5.64. The summed E-state index contributed by atoms with van der Waals surface area (Å²) in [5.41, 5.74) is 3.71. The van der Waals surface area contributed by atoms with Gasteiger partial charge in [0, 0.05) is 28.8 Å². The van der Waals surface area contributed by atoms with Gasteiger partial charge in [-0.1, -0.05) is 27.4 Å². The van der Waals surface area contributed by atoms with E-state index in [-0.39, 0.29) is 6.61 Å². The number of rotatable bonds is 5. The van der Waals surface area contributed by atoms with E-state index in [0.717, 1.165) is 21.4 Å². The molecule has 1 aliphatic heterocycles. The highest BCUT2D eigenvalue weighted by atomic mass is 35.5. The summed E-state index contributed by atoms with van der Waals surface area (Å²) in [5.74, 6) is 0.617. The summed E-state index contributed by atoms with van der Waals surface area (Å²) in [5, 5.41) is 21.9. The topological polar surface area (TPSA) is 112 Å². The zero-order valence-electron chi connectivity index (χ0n) is 18.5. The molecule has 1 aromatic heterocycles. The van der Waals surface area contributed by atoms with Gasteiger partial charge in [0.15, 0.2) is 0 Å². The Bertz CT molecular complexity index is 1390. The van der Waals surface area contributed by atoms with Gasteiger partial charge in [0.1, 0.15) is 31.3 Å². The van der Waals surface area contributed by atoms with Gasteiger partial charge in [0.2, 0.25) is 0 Å². The third-order valence-corrected chi connectivity index (χ3v) is 5.73. The zero-order chi connectivity index (χ0) is 23.9. The van der Waals surface area contributed by atoms with Crippen LogP contribution in [-0.2, 0) is 13.7 Å². The Balaban J connectivity index is 1.61. The molecule has 4 rings (SSSR count). The van der Waals surface area contributed by atoms with Gasteiger partial charge in [-0.25, -0.2) is 4.79 Å².